The number of hydrogen-bond acceptors (Lipinski definition) is 7. The van der Waals surface area contributed by atoms with Gasteiger partial charge in [0.15, 0.2) is 0 Å². The van der Waals surface area contributed by atoms with Crippen LogP contribution in [-0.4, -0.2) is 28.8 Å². The molecule has 3 N–H and O–H groups in total. The first kappa shape index (κ1) is 18.3. The van der Waals surface area contributed by atoms with Crippen molar-refractivity contribution in [1.82, 2.24) is 9.97 Å². The molecule has 0 aliphatic carbocycles. The Morgan fingerprint density at radius 1 is 1.48 bits per heavy atom. The highest BCUT2D eigenvalue weighted by molar-refractivity contribution is 6.28. The number of esters is 1. The average molecular weight is 364 g/mol. The quantitative estimate of drug-likeness (QED) is 0.393. The van der Waals surface area contributed by atoms with Crippen molar-refractivity contribution in [2.45, 2.75) is 6.92 Å². The first-order valence-corrected chi connectivity index (χ1v) is 7.61. The second kappa shape index (κ2) is 8.74. The molecule has 0 atom stereocenters. The van der Waals surface area contributed by atoms with Crippen LogP contribution in [-0.2, 0) is 4.74 Å². The van der Waals surface area contributed by atoms with E-state index in [1.165, 1.54) is 30.6 Å². The highest BCUT2D eigenvalue weighted by Gasteiger charge is 2.16. The fourth-order valence-electron chi connectivity index (χ4n) is 1.85. The van der Waals surface area contributed by atoms with E-state index in [0.29, 0.717) is 5.69 Å². The van der Waals surface area contributed by atoms with Crippen molar-refractivity contribution in [3.8, 4) is 0 Å². The standard InChI is InChI=1S/C16H15ClFN5O2/c1-2-25-15(24)11-9-21-16(17)23-14(11)22-10-4-5-13(12(18)8-10)20-7-3-6-19/h3-9,19-20H,2H2,1H3,(H,21,22,23)/b7-3-,19-6?. The number of benzene rings is 1. The van der Waals surface area contributed by atoms with Crippen LogP contribution in [0.25, 0.3) is 0 Å². The molecule has 0 fully saturated rings. The topological polar surface area (TPSA) is 100.0 Å². The van der Waals surface area contributed by atoms with Gasteiger partial charge in [-0.15, -0.1) is 0 Å². The van der Waals surface area contributed by atoms with E-state index in [1.54, 1.807) is 13.0 Å². The van der Waals surface area contributed by atoms with Crippen LogP contribution in [0, 0.1) is 11.2 Å². The number of carbonyl (C=O) groups is 1. The van der Waals surface area contributed by atoms with Crippen molar-refractivity contribution < 1.29 is 13.9 Å². The molecule has 0 radical (unpaired) electrons. The van der Waals surface area contributed by atoms with Crippen LogP contribution in [0.2, 0.25) is 5.28 Å². The van der Waals surface area contributed by atoms with Crippen molar-refractivity contribution >= 4 is 41.0 Å². The molecule has 7 nitrogen and oxygen atoms in total. The Hall–Kier alpha value is -3.00. The molecule has 2 rings (SSSR count). The zero-order valence-corrected chi connectivity index (χ0v) is 14.0. The number of carbonyl (C=O) groups excluding carboxylic acids is 1. The lowest BCUT2D eigenvalue weighted by Crippen LogP contribution is -2.10. The molecule has 0 amide bonds. The minimum absolute atomic E-state index is 0.0638. The van der Waals surface area contributed by atoms with Gasteiger partial charge in [0.05, 0.1) is 12.3 Å². The number of ether oxygens (including phenoxy) is 1. The maximum Gasteiger partial charge on any atom is 0.343 e. The third kappa shape index (κ3) is 4.98. The van der Waals surface area contributed by atoms with Crippen LogP contribution in [0.15, 0.2) is 36.7 Å². The lowest BCUT2D eigenvalue weighted by Gasteiger charge is -2.11. The van der Waals surface area contributed by atoms with Gasteiger partial charge < -0.3 is 20.8 Å². The normalized spacial score (nSPS) is 10.5. The molecular formula is C16H15ClFN5O2. The van der Waals surface area contributed by atoms with E-state index in [9.17, 15) is 9.18 Å². The Morgan fingerprint density at radius 2 is 2.28 bits per heavy atom. The molecule has 25 heavy (non-hydrogen) atoms. The molecule has 130 valence electrons. The van der Waals surface area contributed by atoms with Gasteiger partial charge in [0.1, 0.15) is 17.2 Å². The number of nitrogens with one attached hydrogen (secondary N) is 3. The zero-order chi connectivity index (χ0) is 18.2. The van der Waals surface area contributed by atoms with Crippen molar-refractivity contribution in [1.29, 1.82) is 5.41 Å². The van der Waals surface area contributed by atoms with Crippen LogP contribution >= 0.6 is 11.6 Å². The summed E-state index contributed by atoms with van der Waals surface area (Å²) in [5, 5.41) is 12.3. The lowest BCUT2D eigenvalue weighted by atomic mass is 10.2. The summed E-state index contributed by atoms with van der Waals surface area (Å²) < 4.78 is 19.0. The number of anilines is 3. The van der Waals surface area contributed by atoms with Crippen LogP contribution in [0.3, 0.4) is 0 Å². The molecule has 0 aliphatic rings. The van der Waals surface area contributed by atoms with Crippen molar-refractivity contribution in [3.63, 3.8) is 0 Å². The second-order valence-corrected chi connectivity index (χ2v) is 4.95. The molecule has 0 bridgehead atoms. The zero-order valence-electron chi connectivity index (χ0n) is 13.2. The summed E-state index contributed by atoms with van der Waals surface area (Å²) >= 11 is 5.77. The first-order chi connectivity index (χ1) is 12.0. The Bertz CT molecular complexity index is 813. The molecule has 0 aliphatic heterocycles. The Kier molecular flexibility index (Phi) is 6.41. The van der Waals surface area contributed by atoms with Crippen molar-refractivity contribution in [2.24, 2.45) is 0 Å². The summed E-state index contributed by atoms with van der Waals surface area (Å²) in [5.74, 6) is -1.03. The number of rotatable bonds is 7. The van der Waals surface area contributed by atoms with Gasteiger partial charge in [0.2, 0.25) is 5.28 Å². The first-order valence-electron chi connectivity index (χ1n) is 7.23. The molecule has 9 heteroatoms. The third-order valence-electron chi connectivity index (χ3n) is 2.92. The molecule has 1 aromatic carbocycles. The number of aromatic nitrogens is 2. The molecular weight excluding hydrogens is 349 g/mol. The maximum absolute atomic E-state index is 14.1. The summed E-state index contributed by atoms with van der Waals surface area (Å²) in [6.07, 6.45) is 5.16. The summed E-state index contributed by atoms with van der Waals surface area (Å²) in [6.45, 7) is 1.87. The van der Waals surface area contributed by atoms with E-state index in [-0.39, 0.29) is 29.0 Å². The summed E-state index contributed by atoms with van der Waals surface area (Å²) in [5.41, 5.74) is 0.678. The molecule has 1 aromatic heterocycles. The molecule has 0 unspecified atom stereocenters. The monoisotopic (exact) mass is 363 g/mol. The van der Waals surface area contributed by atoms with Crippen LogP contribution < -0.4 is 10.6 Å². The van der Waals surface area contributed by atoms with Gasteiger partial charge in [-0.3, -0.25) is 0 Å². The van der Waals surface area contributed by atoms with Gasteiger partial charge in [-0.25, -0.2) is 14.2 Å². The highest BCUT2D eigenvalue weighted by Crippen LogP contribution is 2.24. The summed E-state index contributed by atoms with van der Waals surface area (Å²) in [4.78, 5) is 19.7. The minimum Gasteiger partial charge on any atom is -0.462 e. The largest absolute Gasteiger partial charge is 0.462 e. The van der Waals surface area contributed by atoms with Gasteiger partial charge in [-0.05, 0) is 42.8 Å². The second-order valence-electron chi connectivity index (χ2n) is 4.61. The van der Waals surface area contributed by atoms with Crippen LogP contribution in [0.1, 0.15) is 17.3 Å². The van der Waals surface area contributed by atoms with E-state index in [2.05, 4.69) is 20.6 Å². The van der Waals surface area contributed by atoms with E-state index in [1.807, 2.05) is 0 Å². The van der Waals surface area contributed by atoms with E-state index in [4.69, 9.17) is 21.7 Å². The van der Waals surface area contributed by atoms with Gasteiger partial charge >= 0.3 is 5.97 Å². The van der Waals surface area contributed by atoms with Crippen molar-refractivity contribution in [3.05, 3.63) is 53.3 Å². The van der Waals surface area contributed by atoms with Crippen LogP contribution in [0.5, 0.6) is 0 Å². The number of allylic oxidation sites excluding steroid dienone is 1. The van der Waals surface area contributed by atoms with E-state index in [0.717, 1.165) is 6.21 Å². The molecule has 2 aromatic rings. The SMILES string of the molecule is CCOC(=O)c1cnc(Cl)nc1Nc1ccc(N/C=C\C=N)c(F)c1. The predicted octanol–water partition coefficient (Wildman–Crippen LogP) is 3.76. The van der Waals surface area contributed by atoms with Gasteiger partial charge in [-0.2, -0.15) is 4.98 Å². The highest BCUT2D eigenvalue weighted by atomic mass is 35.5. The predicted molar refractivity (Wildman–Crippen MR) is 94.2 cm³/mol. The Morgan fingerprint density at radius 3 is 2.96 bits per heavy atom. The van der Waals surface area contributed by atoms with Crippen LogP contribution in [0.4, 0.5) is 21.6 Å². The maximum atomic E-state index is 14.1. The van der Waals surface area contributed by atoms with Gasteiger partial charge in [-0.1, -0.05) is 0 Å². The molecule has 0 spiro atoms. The fraction of sp³-hybridized carbons (Fsp3) is 0.125. The van der Waals surface area contributed by atoms with Gasteiger partial charge in [0.25, 0.3) is 0 Å². The fourth-order valence-corrected chi connectivity index (χ4v) is 1.98. The lowest BCUT2D eigenvalue weighted by molar-refractivity contribution is 0.0526. The van der Waals surface area contributed by atoms with E-state index >= 15 is 0 Å². The smallest absolute Gasteiger partial charge is 0.343 e. The third-order valence-corrected chi connectivity index (χ3v) is 3.10. The molecule has 1 heterocycles. The summed E-state index contributed by atoms with van der Waals surface area (Å²) in [7, 11) is 0. The number of nitrogens with zero attached hydrogens (tertiary/aromatic N) is 2. The molecule has 0 saturated carbocycles. The van der Waals surface area contributed by atoms with Crippen molar-refractivity contribution in [2.75, 3.05) is 17.2 Å². The number of hydrogen-bond donors (Lipinski definition) is 3. The Labute approximate surface area is 148 Å². The van der Waals surface area contributed by atoms with Gasteiger partial charge in [0, 0.05) is 24.3 Å². The Balaban J connectivity index is 2.26. The molecule has 0 saturated heterocycles. The van der Waals surface area contributed by atoms with E-state index < -0.39 is 11.8 Å². The average Bonchev–Trinajstić information content (AvgIpc) is 2.57. The number of halogens is 2. The summed E-state index contributed by atoms with van der Waals surface area (Å²) in [6, 6.07) is 4.32. The minimum atomic E-state index is -0.614.